The summed E-state index contributed by atoms with van der Waals surface area (Å²) < 4.78 is 5.84. The normalized spacial score (nSPS) is 26.2. The third kappa shape index (κ3) is 5.58. The minimum Gasteiger partial charge on any atom is -0.371 e. The number of amides is 1. The van der Waals surface area contributed by atoms with E-state index in [1.165, 1.54) is 47.8 Å². The van der Waals surface area contributed by atoms with Crippen molar-refractivity contribution >= 4 is 28.6 Å². The summed E-state index contributed by atoms with van der Waals surface area (Å²) >= 11 is 3.50. The number of nitrogens with zero attached hydrogens (tertiary/aromatic N) is 3. The van der Waals surface area contributed by atoms with Gasteiger partial charge in [-0.1, -0.05) is 0 Å². The molecule has 2 aliphatic heterocycles. The maximum atomic E-state index is 12.3. The van der Waals surface area contributed by atoms with E-state index in [0.29, 0.717) is 12.5 Å². The average Bonchev–Trinajstić information content (AvgIpc) is 3.53. The van der Waals surface area contributed by atoms with Gasteiger partial charge in [0.15, 0.2) is 0 Å². The van der Waals surface area contributed by atoms with E-state index in [1.807, 2.05) is 24.5 Å². The summed E-state index contributed by atoms with van der Waals surface area (Å²) in [5.74, 6) is 0.929. The highest BCUT2D eigenvalue weighted by atomic mass is 32.1. The van der Waals surface area contributed by atoms with Crippen LogP contribution >= 0.6 is 22.7 Å². The molecule has 2 fully saturated rings. The smallest absolute Gasteiger partial charge is 0.225 e. The topological polar surface area (TPSA) is 67.4 Å². The van der Waals surface area contributed by atoms with Crippen LogP contribution in [0.5, 0.6) is 0 Å². The summed E-state index contributed by atoms with van der Waals surface area (Å²) in [6, 6.07) is 0.344. The van der Waals surface area contributed by atoms with Gasteiger partial charge in [0.25, 0.3) is 0 Å². The standard InChI is InChI=1S/C24H34N4O2S2/c1-16-25-14-19(31-16)13-23(29)26-18-6-4-17(5-7-18)8-10-28-11-9-22-20(15-28)27-24(32-22)21-3-2-12-30-21/h14,17-18,21H,2-13,15H2,1H3,(H,26,29). The lowest BCUT2D eigenvalue weighted by molar-refractivity contribution is -0.121. The van der Waals surface area contributed by atoms with E-state index in [-0.39, 0.29) is 12.0 Å². The Morgan fingerprint density at radius 1 is 1.25 bits per heavy atom. The second-order valence-electron chi connectivity index (χ2n) is 9.55. The van der Waals surface area contributed by atoms with E-state index >= 15 is 0 Å². The Balaban J connectivity index is 1.02. The summed E-state index contributed by atoms with van der Waals surface area (Å²) in [6.45, 7) is 6.19. The molecule has 0 radical (unpaired) electrons. The van der Waals surface area contributed by atoms with Gasteiger partial charge in [-0.15, -0.1) is 22.7 Å². The van der Waals surface area contributed by atoms with E-state index in [1.54, 1.807) is 11.3 Å². The largest absolute Gasteiger partial charge is 0.371 e. The second kappa shape index (κ2) is 10.3. The highest BCUT2D eigenvalue weighted by Crippen LogP contribution is 2.35. The number of carbonyl (C=O) groups excluding carboxylic acids is 1. The molecule has 0 bridgehead atoms. The number of hydrogen-bond donors (Lipinski definition) is 1. The Morgan fingerprint density at radius 3 is 2.88 bits per heavy atom. The van der Waals surface area contributed by atoms with Crippen LogP contribution in [0.4, 0.5) is 0 Å². The zero-order valence-corrected chi connectivity index (χ0v) is 20.6. The molecule has 8 heteroatoms. The first kappa shape index (κ1) is 22.4. The number of aromatic nitrogens is 2. The van der Waals surface area contributed by atoms with Crippen molar-refractivity contribution in [1.29, 1.82) is 0 Å². The number of thiazole rings is 2. The highest BCUT2D eigenvalue weighted by molar-refractivity contribution is 7.12. The molecule has 2 aromatic rings. The predicted octanol–water partition coefficient (Wildman–Crippen LogP) is 4.43. The highest BCUT2D eigenvalue weighted by Gasteiger charge is 2.27. The van der Waals surface area contributed by atoms with Crippen LogP contribution in [0.3, 0.4) is 0 Å². The first-order valence-electron chi connectivity index (χ1n) is 12.2. The van der Waals surface area contributed by atoms with Gasteiger partial charge in [-0.2, -0.15) is 0 Å². The Labute approximate surface area is 198 Å². The molecular formula is C24H34N4O2S2. The van der Waals surface area contributed by atoms with Crippen LogP contribution in [0, 0.1) is 12.8 Å². The average molecular weight is 475 g/mol. The van der Waals surface area contributed by atoms with E-state index in [9.17, 15) is 4.79 Å². The number of carbonyl (C=O) groups is 1. The number of ether oxygens (including phenoxy) is 1. The van der Waals surface area contributed by atoms with Crippen molar-refractivity contribution in [3.63, 3.8) is 0 Å². The molecule has 1 unspecified atom stereocenters. The first-order valence-corrected chi connectivity index (χ1v) is 13.8. The van der Waals surface area contributed by atoms with Crippen molar-refractivity contribution < 1.29 is 9.53 Å². The first-order chi connectivity index (χ1) is 15.6. The minimum absolute atomic E-state index is 0.145. The molecule has 3 aliphatic rings. The van der Waals surface area contributed by atoms with Crippen molar-refractivity contribution in [3.05, 3.63) is 31.7 Å². The summed E-state index contributed by atoms with van der Waals surface area (Å²) in [5, 5.41) is 5.48. The molecule has 5 rings (SSSR count). The van der Waals surface area contributed by atoms with E-state index in [4.69, 9.17) is 9.72 Å². The van der Waals surface area contributed by atoms with Gasteiger partial charge < -0.3 is 10.1 Å². The SMILES string of the molecule is Cc1ncc(CC(=O)NC2CCC(CCN3CCc4sc(C5CCCO5)nc4C3)CC2)s1. The summed E-state index contributed by atoms with van der Waals surface area (Å²) in [7, 11) is 0. The molecule has 1 N–H and O–H groups in total. The monoisotopic (exact) mass is 474 g/mol. The molecule has 32 heavy (non-hydrogen) atoms. The number of aryl methyl sites for hydroxylation is 1. The number of hydrogen-bond acceptors (Lipinski definition) is 7. The second-order valence-corrected chi connectivity index (χ2v) is 12.0. The fraction of sp³-hybridized carbons (Fsp3) is 0.708. The van der Waals surface area contributed by atoms with Gasteiger partial charge in [-0.05, 0) is 70.8 Å². The molecule has 1 amide bonds. The van der Waals surface area contributed by atoms with Crippen LogP contribution in [0.1, 0.15) is 76.5 Å². The van der Waals surface area contributed by atoms with Gasteiger partial charge in [-0.3, -0.25) is 9.69 Å². The Morgan fingerprint density at radius 2 is 2.12 bits per heavy atom. The molecule has 1 aliphatic carbocycles. The number of nitrogens with one attached hydrogen (secondary N) is 1. The van der Waals surface area contributed by atoms with E-state index < -0.39 is 0 Å². The Bertz CT molecular complexity index is 913. The van der Waals surface area contributed by atoms with Crippen molar-refractivity contribution in [2.75, 3.05) is 19.7 Å². The lowest BCUT2D eigenvalue weighted by atomic mass is 9.84. The molecule has 1 saturated carbocycles. The molecular weight excluding hydrogens is 440 g/mol. The molecule has 0 aromatic carbocycles. The van der Waals surface area contributed by atoms with Crippen LogP contribution < -0.4 is 5.32 Å². The van der Waals surface area contributed by atoms with Crippen LogP contribution in [-0.2, 0) is 28.9 Å². The van der Waals surface area contributed by atoms with E-state index in [0.717, 1.165) is 61.2 Å². The molecule has 0 spiro atoms. The maximum Gasteiger partial charge on any atom is 0.225 e. The third-order valence-electron chi connectivity index (χ3n) is 7.10. The fourth-order valence-corrected chi connectivity index (χ4v) is 7.20. The Kier molecular flexibility index (Phi) is 7.21. The summed E-state index contributed by atoms with van der Waals surface area (Å²) in [6.07, 6.45) is 11.9. The number of rotatable bonds is 7. The zero-order chi connectivity index (χ0) is 21.9. The van der Waals surface area contributed by atoms with Crippen molar-refractivity contribution in [1.82, 2.24) is 20.2 Å². The maximum absolute atomic E-state index is 12.3. The van der Waals surface area contributed by atoms with Crippen LogP contribution in [0.2, 0.25) is 0 Å². The van der Waals surface area contributed by atoms with Crippen molar-refractivity contribution in [2.24, 2.45) is 5.92 Å². The van der Waals surface area contributed by atoms with Crippen LogP contribution in [0.15, 0.2) is 6.20 Å². The number of fused-ring (bicyclic) bond motifs is 1. The van der Waals surface area contributed by atoms with Gasteiger partial charge >= 0.3 is 0 Å². The van der Waals surface area contributed by atoms with Crippen molar-refractivity contribution in [3.8, 4) is 0 Å². The van der Waals surface area contributed by atoms with Gasteiger partial charge in [-0.25, -0.2) is 9.97 Å². The minimum atomic E-state index is 0.145. The molecule has 1 saturated heterocycles. The quantitative estimate of drug-likeness (QED) is 0.643. The summed E-state index contributed by atoms with van der Waals surface area (Å²) in [5.41, 5.74) is 1.30. The van der Waals surface area contributed by atoms with Gasteiger partial charge in [0, 0.05) is 41.7 Å². The Hall–Kier alpha value is -1.35. The van der Waals surface area contributed by atoms with Crippen LogP contribution in [-0.4, -0.2) is 46.5 Å². The predicted molar refractivity (Wildman–Crippen MR) is 128 cm³/mol. The molecule has 4 heterocycles. The van der Waals surface area contributed by atoms with Gasteiger partial charge in [0.1, 0.15) is 11.1 Å². The fourth-order valence-electron chi connectivity index (χ4n) is 5.26. The van der Waals surface area contributed by atoms with E-state index in [2.05, 4.69) is 15.2 Å². The molecule has 174 valence electrons. The van der Waals surface area contributed by atoms with Gasteiger partial charge in [0.05, 0.1) is 17.1 Å². The van der Waals surface area contributed by atoms with Gasteiger partial charge in [0.2, 0.25) is 5.91 Å². The zero-order valence-electron chi connectivity index (χ0n) is 19.0. The summed E-state index contributed by atoms with van der Waals surface area (Å²) in [4.78, 5) is 26.7. The molecule has 6 nitrogen and oxygen atoms in total. The van der Waals surface area contributed by atoms with Crippen LogP contribution in [0.25, 0.3) is 0 Å². The molecule has 1 atom stereocenters. The third-order valence-corrected chi connectivity index (χ3v) is 9.26. The van der Waals surface area contributed by atoms with Crippen molar-refractivity contribution in [2.45, 2.75) is 83.4 Å². The lowest BCUT2D eigenvalue weighted by Gasteiger charge is -2.32. The lowest BCUT2D eigenvalue weighted by Crippen LogP contribution is -2.39. The molecule has 2 aromatic heterocycles.